The third-order valence-corrected chi connectivity index (χ3v) is 5.73. The first-order valence-electron chi connectivity index (χ1n) is 6.47. The van der Waals surface area contributed by atoms with Gasteiger partial charge in [-0.2, -0.15) is 0 Å². The molecule has 0 atom stereocenters. The standard InChI is InChI=1S/C15H18INO3S/c1-15(2,10-20-3)17-21(18,19)14-9-8-13(16)11-6-4-5-7-12(11)14/h4-9,17H,10H2,1-3H3. The third-order valence-electron chi connectivity index (χ3n) is 3.04. The first kappa shape index (κ1) is 16.7. The van der Waals surface area contributed by atoms with E-state index >= 15 is 0 Å². The van der Waals surface area contributed by atoms with Crippen molar-refractivity contribution in [1.82, 2.24) is 4.72 Å². The van der Waals surface area contributed by atoms with Crippen LogP contribution < -0.4 is 4.72 Å². The quantitative estimate of drug-likeness (QED) is 0.758. The first-order chi connectivity index (χ1) is 9.77. The van der Waals surface area contributed by atoms with Crippen LogP contribution in [0, 0.1) is 3.57 Å². The Kier molecular flexibility index (Phi) is 4.92. The van der Waals surface area contributed by atoms with Crippen molar-refractivity contribution in [2.75, 3.05) is 13.7 Å². The van der Waals surface area contributed by atoms with Gasteiger partial charge in [-0.3, -0.25) is 0 Å². The third kappa shape index (κ3) is 3.74. The smallest absolute Gasteiger partial charge is 0.241 e. The molecule has 0 aliphatic carbocycles. The van der Waals surface area contributed by atoms with E-state index in [9.17, 15) is 8.42 Å². The van der Waals surface area contributed by atoms with Crippen LogP contribution in [0.2, 0.25) is 0 Å². The number of benzene rings is 2. The predicted octanol–water partition coefficient (Wildman–Crippen LogP) is 3.15. The summed E-state index contributed by atoms with van der Waals surface area (Å²) in [6, 6.07) is 11.0. The number of hydrogen-bond donors (Lipinski definition) is 1. The molecule has 0 aliphatic heterocycles. The van der Waals surface area contributed by atoms with Crippen molar-refractivity contribution < 1.29 is 13.2 Å². The molecule has 0 radical (unpaired) electrons. The Bertz CT molecular complexity index is 757. The number of methoxy groups -OCH3 is 1. The normalized spacial score (nSPS) is 12.8. The van der Waals surface area contributed by atoms with Crippen molar-refractivity contribution in [3.63, 3.8) is 0 Å². The Labute approximate surface area is 139 Å². The molecule has 0 saturated heterocycles. The topological polar surface area (TPSA) is 55.4 Å². The Morgan fingerprint density at radius 1 is 1.14 bits per heavy atom. The molecule has 21 heavy (non-hydrogen) atoms. The molecule has 0 saturated carbocycles. The maximum atomic E-state index is 12.7. The zero-order valence-corrected chi connectivity index (χ0v) is 15.2. The molecule has 0 spiro atoms. The lowest BCUT2D eigenvalue weighted by molar-refractivity contribution is 0.141. The van der Waals surface area contributed by atoms with E-state index in [0.29, 0.717) is 11.5 Å². The second kappa shape index (κ2) is 6.20. The molecule has 2 aromatic carbocycles. The SMILES string of the molecule is COCC(C)(C)NS(=O)(=O)c1ccc(I)c2ccccc12. The summed E-state index contributed by atoms with van der Waals surface area (Å²) in [6.07, 6.45) is 0. The van der Waals surface area contributed by atoms with Crippen LogP contribution in [0.5, 0.6) is 0 Å². The van der Waals surface area contributed by atoms with Gasteiger partial charge in [0.15, 0.2) is 0 Å². The number of nitrogens with one attached hydrogen (secondary N) is 1. The highest BCUT2D eigenvalue weighted by molar-refractivity contribution is 14.1. The van der Waals surface area contributed by atoms with Gasteiger partial charge in [0.1, 0.15) is 0 Å². The number of hydrogen-bond acceptors (Lipinski definition) is 3. The zero-order chi connectivity index (χ0) is 15.7. The van der Waals surface area contributed by atoms with Crippen LogP contribution in [-0.4, -0.2) is 27.7 Å². The molecule has 4 nitrogen and oxygen atoms in total. The minimum Gasteiger partial charge on any atom is -0.383 e. The van der Waals surface area contributed by atoms with Gasteiger partial charge in [0.05, 0.1) is 17.0 Å². The molecule has 2 aromatic rings. The van der Waals surface area contributed by atoms with Gasteiger partial charge in [0, 0.05) is 16.1 Å². The Hall–Kier alpha value is -0.700. The van der Waals surface area contributed by atoms with Gasteiger partial charge in [-0.1, -0.05) is 24.3 Å². The molecular weight excluding hydrogens is 401 g/mol. The van der Waals surface area contributed by atoms with E-state index in [4.69, 9.17) is 4.74 Å². The average Bonchev–Trinajstić information content (AvgIpc) is 2.37. The van der Waals surface area contributed by atoms with Crippen molar-refractivity contribution in [3.8, 4) is 0 Å². The van der Waals surface area contributed by atoms with Crippen molar-refractivity contribution in [1.29, 1.82) is 0 Å². The van der Waals surface area contributed by atoms with Crippen molar-refractivity contribution in [2.45, 2.75) is 24.3 Å². The van der Waals surface area contributed by atoms with Crippen LogP contribution in [0.1, 0.15) is 13.8 Å². The lowest BCUT2D eigenvalue weighted by Crippen LogP contribution is -2.46. The summed E-state index contributed by atoms with van der Waals surface area (Å²) in [7, 11) is -2.06. The molecule has 0 aromatic heterocycles. The van der Waals surface area contributed by atoms with Gasteiger partial charge in [0.25, 0.3) is 0 Å². The summed E-state index contributed by atoms with van der Waals surface area (Å²) in [6.45, 7) is 3.89. The maximum Gasteiger partial charge on any atom is 0.241 e. The molecule has 0 bridgehead atoms. The largest absolute Gasteiger partial charge is 0.383 e. The fourth-order valence-corrected chi connectivity index (χ4v) is 4.54. The molecule has 0 aliphatic rings. The lowest BCUT2D eigenvalue weighted by Gasteiger charge is -2.25. The Morgan fingerprint density at radius 3 is 2.38 bits per heavy atom. The molecule has 0 unspecified atom stereocenters. The summed E-state index contributed by atoms with van der Waals surface area (Å²) >= 11 is 2.21. The average molecular weight is 419 g/mol. The van der Waals surface area contributed by atoms with E-state index in [-0.39, 0.29) is 0 Å². The zero-order valence-electron chi connectivity index (χ0n) is 12.2. The van der Waals surface area contributed by atoms with Crippen LogP contribution >= 0.6 is 22.6 Å². The summed E-state index contributed by atoms with van der Waals surface area (Å²) in [5.41, 5.74) is -0.669. The van der Waals surface area contributed by atoms with Crippen molar-refractivity contribution in [3.05, 3.63) is 40.0 Å². The fourth-order valence-electron chi connectivity index (χ4n) is 2.28. The first-order valence-corrected chi connectivity index (χ1v) is 9.03. The van der Waals surface area contributed by atoms with Gasteiger partial charge in [-0.05, 0) is 54.0 Å². The van der Waals surface area contributed by atoms with Gasteiger partial charge in [-0.25, -0.2) is 13.1 Å². The molecule has 6 heteroatoms. The Morgan fingerprint density at radius 2 is 1.76 bits per heavy atom. The predicted molar refractivity (Wildman–Crippen MR) is 92.9 cm³/mol. The van der Waals surface area contributed by atoms with Crippen LogP contribution in [0.3, 0.4) is 0 Å². The van der Waals surface area contributed by atoms with E-state index in [1.165, 1.54) is 0 Å². The van der Waals surface area contributed by atoms with Crippen molar-refractivity contribution in [2.24, 2.45) is 0 Å². The molecule has 1 N–H and O–H groups in total. The van der Waals surface area contributed by atoms with Gasteiger partial charge in [0.2, 0.25) is 10.0 Å². The molecule has 2 rings (SSSR count). The lowest BCUT2D eigenvalue weighted by atomic mass is 10.1. The second-order valence-electron chi connectivity index (χ2n) is 5.51. The Balaban J connectivity index is 2.54. The monoisotopic (exact) mass is 419 g/mol. The molecular formula is C15H18INO3S. The molecule has 0 amide bonds. The second-order valence-corrected chi connectivity index (χ2v) is 8.33. The van der Waals surface area contributed by atoms with Crippen molar-refractivity contribution >= 4 is 43.4 Å². The summed E-state index contributed by atoms with van der Waals surface area (Å²) in [5.74, 6) is 0. The van der Waals surface area contributed by atoms with E-state index in [0.717, 1.165) is 14.3 Å². The van der Waals surface area contributed by atoms with Crippen LogP contribution in [0.4, 0.5) is 0 Å². The van der Waals surface area contributed by atoms with Gasteiger partial charge < -0.3 is 4.74 Å². The molecule has 114 valence electrons. The van der Waals surface area contributed by atoms with Crippen LogP contribution in [0.25, 0.3) is 10.8 Å². The number of rotatable bonds is 5. The van der Waals surface area contributed by atoms with Crippen LogP contribution in [-0.2, 0) is 14.8 Å². The summed E-state index contributed by atoms with van der Waals surface area (Å²) in [4.78, 5) is 0.294. The number of ether oxygens (including phenoxy) is 1. The van der Waals surface area contributed by atoms with E-state index in [1.807, 2.05) is 30.3 Å². The molecule has 0 fully saturated rings. The van der Waals surface area contributed by atoms with E-state index < -0.39 is 15.6 Å². The van der Waals surface area contributed by atoms with E-state index in [2.05, 4.69) is 27.3 Å². The minimum atomic E-state index is -3.62. The highest BCUT2D eigenvalue weighted by Gasteiger charge is 2.27. The molecule has 0 heterocycles. The van der Waals surface area contributed by atoms with Gasteiger partial charge in [-0.15, -0.1) is 0 Å². The summed E-state index contributed by atoms with van der Waals surface area (Å²) < 4.78 is 34.2. The van der Waals surface area contributed by atoms with Crippen LogP contribution in [0.15, 0.2) is 41.3 Å². The fraction of sp³-hybridized carbons (Fsp3) is 0.333. The number of fused-ring (bicyclic) bond motifs is 1. The maximum absolute atomic E-state index is 12.7. The highest BCUT2D eigenvalue weighted by Crippen LogP contribution is 2.27. The summed E-state index contributed by atoms with van der Waals surface area (Å²) in [5, 5.41) is 1.66. The minimum absolute atomic E-state index is 0.294. The van der Waals surface area contributed by atoms with E-state index in [1.54, 1.807) is 27.0 Å². The number of halogens is 1. The van der Waals surface area contributed by atoms with Gasteiger partial charge >= 0.3 is 0 Å². The highest BCUT2D eigenvalue weighted by atomic mass is 127. The number of sulfonamides is 1.